The molecule has 1 aliphatic heterocycles. The van der Waals surface area contributed by atoms with Crippen LogP contribution in [0.4, 0.5) is 4.39 Å². The van der Waals surface area contributed by atoms with Crippen LogP contribution in [0.15, 0.2) is 72.8 Å². The van der Waals surface area contributed by atoms with Gasteiger partial charge in [0.25, 0.3) is 5.91 Å². The van der Waals surface area contributed by atoms with Gasteiger partial charge in [0.15, 0.2) is 0 Å². The van der Waals surface area contributed by atoms with E-state index in [0.717, 1.165) is 43.9 Å². The molecule has 0 aromatic heterocycles. The van der Waals surface area contributed by atoms with Crippen LogP contribution in [0.25, 0.3) is 0 Å². The number of carbonyl (C=O) groups excluding carboxylic acids is 1. The van der Waals surface area contributed by atoms with Crippen molar-refractivity contribution in [2.75, 3.05) is 39.3 Å². The quantitative estimate of drug-likeness (QED) is 0.431. The van der Waals surface area contributed by atoms with Crippen molar-refractivity contribution in [1.29, 1.82) is 0 Å². The highest BCUT2D eigenvalue weighted by molar-refractivity contribution is 5.94. The van der Waals surface area contributed by atoms with Crippen molar-refractivity contribution in [3.8, 4) is 0 Å². The van der Waals surface area contributed by atoms with Crippen LogP contribution < -0.4 is 0 Å². The van der Waals surface area contributed by atoms with E-state index in [1.165, 1.54) is 22.8 Å². The lowest BCUT2D eigenvalue weighted by Crippen LogP contribution is -2.47. The maximum Gasteiger partial charge on any atom is 0.253 e. The van der Waals surface area contributed by atoms with E-state index in [-0.39, 0.29) is 17.8 Å². The Morgan fingerprint density at radius 3 is 2.20 bits per heavy atom. The highest BCUT2D eigenvalue weighted by Gasteiger charge is 2.27. The van der Waals surface area contributed by atoms with Gasteiger partial charge < -0.3 is 4.90 Å². The minimum atomic E-state index is -0.177. The van der Waals surface area contributed by atoms with Crippen molar-refractivity contribution in [1.82, 2.24) is 14.7 Å². The predicted octanol–water partition coefficient (Wildman–Crippen LogP) is 5.52. The second-order valence-corrected chi connectivity index (χ2v) is 9.36. The van der Waals surface area contributed by atoms with Gasteiger partial charge >= 0.3 is 0 Å². The molecule has 35 heavy (non-hydrogen) atoms. The van der Waals surface area contributed by atoms with Gasteiger partial charge in [-0.25, -0.2) is 4.39 Å². The van der Waals surface area contributed by atoms with Crippen LogP contribution >= 0.6 is 0 Å². The van der Waals surface area contributed by atoms with E-state index >= 15 is 0 Å². The van der Waals surface area contributed by atoms with Gasteiger partial charge in [0.2, 0.25) is 0 Å². The van der Waals surface area contributed by atoms with Gasteiger partial charge in [-0.2, -0.15) is 0 Å². The number of nitrogens with zero attached hydrogens (tertiary/aromatic N) is 3. The first kappa shape index (κ1) is 25.1. The summed E-state index contributed by atoms with van der Waals surface area (Å²) < 4.78 is 13.6. The molecule has 1 heterocycles. The summed E-state index contributed by atoms with van der Waals surface area (Å²) in [4.78, 5) is 19.6. The molecule has 0 N–H and O–H groups in total. The number of halogens is 1. The second-order valence-electron chi connectivity index (χ2n) is 9.36. The number of amides is 1. The summed E-state index contributed by atoms with van der Waals surface area (Å²) in [6.45, 7) is 12.0. The maximum atomic E-state index is 13.6. The zero-order valence-electron chi connectivity index (χ0n) is 21.1. The van der Waals surface area contributed by atoms with E-state index in [1.807, 2.05) is 36.9 Å². The molecule has 1 fully saturated rings. The normalized spacial score (nSPS) is 15.7. The van der Waals surface area contributed by atoms with E-state index in [4.69, 9.17) is 0 Å². The molecule has 5 heteroatoms. The van der Waals surface area contributed by atoms with E-state index in [0.29, 0.717) is 13.1 Å². The highest BCUT2D eigenvalue weighted by Crippen LogP contribution is 2.31. The maximum absolute atomic E-state index is 13.6. The largest absolute Gasteiger partial charge is 0.339 e. The number of benzene rings is 3. The summed E-state index contributed by atoms with van der Waals surface area (Å²) in [5.74, 6) is -0.0943. The van der Waals surface area contributed by atoms with Crippen molar-refractivity contribution in [2.24, 2.45) is 0 Å². The number of rotatable bonds is 8. The summed E-state index contributed by atoms with van der Waals surface area (Å²) in [7, 11) is 0. The summed E-state index contributed by atoms with van der Waals surface area (Å²) >= 11 is 0. The SMILES string of the molecule is CCN(CC)C(=O)c1ccc(C(c2cccc(C)c2)N2CCN(Cc3cccc(F)c3)CC2)cc1. The monoisotopic (exact) mass is 473 g/mol. The average molecular weight is 474 g/mol. The number of hydrogen-bond acceptors (Lipinski definition) is 3. The van der Waals surface area contributed by atoms with Gasteiger partial charge in [-0.15, -0.1) is 0 Å². The van der Waals surface area contributed by atoms with E-state index in [1.54, 1.807) is 12.1 Å². The fourth-order valence-corrected chi connectivity index (χ4v) is 5.03. The molecule has 3 aromatic carbocycles. The molecule has 1 unspecified atom stereocenters. The fourth-order valence-electron chi connectivity index (χ4n) is 5.03. The molecule has 0 saturated carbocycles. The number of carbonyl (C=O) groups is 1. The summed E-state index contributed by atoms with van der Waals surface area (Å²) in [5, 5.41) is 0. The minimum absolute atomic E-state index is 0.0830. The van der Waals surface area contributed by atoms with Crippen LogP contribution in [0.2, 0.25) is 0 Å². The van der Waals surface area contributed by atoms with E-state index in [2.05, 4.69) is 53.1 Å². The number of aryl methyl sites for hydroxylation is 1. The molecular weight excluding hydrogens is 437 g/mol. The Labute approximate surface area is 209 Å². The third-order valence-electron chi connectivity index (χ3n) is 6.95. The first-order valence-corrected chi connectivity index (χ1v) is 12.6. The van der Waals surface area contributed by atoms with Gasteiger partial charge in [0.05, 0.1) is 6.04 Å². The summed E-state index contributed by atoms with van der Waals surface area (Å²) in [6, 6.07) is 23.9. The predicted molar refractivity (Wildman–Crippen MR) is 140 cm³/mol. The van der Waals surface area contributed by atoms with Gasteiger partial charge in [0, 0.05) is 51.4 Å². The van der Waals surface area contributed by atoms with Crippen LogP contribution in [-0.2, 0) is 6.54 Å². The van der Waals surface area contributed by atoms with Crippen LogP contribution in [0.1, 0.15) is 52.5 Å². The fraction of sp³-hybridized carbons (Fsp3) is 0.367. The molecule has 0 aliphatic carbocycles. The Balaban J connectivity index is 1.53. The molecule has 1 aliphatic rings. The Kier molecular flexibility index (Phi) is 8.32. The Hall–Kier alpha value is -3.02. The molecule has 0 radical (unpaired) electrons. The highest BCUT2D eigenvalue weighted by atomic mass is 19.1. The lowest BCUT2D eigenvalue weighted by Gasteiger charge is -2.40. The zero-order chi connectivity index (χ0) is 24.8. The standard InChI is InChI=1S/C30H36FN3O/c1-4-33(5-2)30(35)26-14-12-25(13-15-26)29(27-10-6-8-23(3)20-27)34-18-16-32(17-19-34)22-24-9-7-11-28(31)21-24/h6-15,20-21,29H,4-5,16-19,22H2,1-3H3. The van der Waals surface area contributed by atoms with Crippen molar-refractivity contribution in [3.63, 3.8) is 0 Å². The molecule has 4 nitrogen and oxygen atoms in total. The third kappa shape index (κ3) is 6.16. The molecule has 4 rings (SSSR count). The van der Waals surface area contributed by atoms with Crippen molar-refractivity contribution in [2.45, 2.75) is 33.4 Å². The molecule has 0 spiro atoms. The lowest BCUT2D eigenvalue weighted by atomic mass is 9.94. The van der Waals surface area contributed by atoms with Gasteiger partial charge in [-0.1, -0.05) is 54.1 Å². The first-order chi connectivity index (χ1) is 17.0. The molecule has 1 atom stereocenters. The van der Waals surface area contributed by atoms with Crippen LogP contribution in [0, 0.1) is 12.7 Å². The van der Waals surface area contributed by atoms with Gasteiger partial charge in [0.1, 0.15) is 5.82 Å². The molecule has 1 saturated heterocycles. The topological polar surface area (TPSA) is 26.8 Å². The van der Waals surface area contributed by atoms with Crippen LogP contribution in [0.5, 0.6) is 0 Å². The second kappa shape index (κ2) is 11.6. The smallest absolute Gasteiger partial charge is 0.253 e. The number of piperazine rings is 1. The Bertz CT molecular complexity index is 1120. The first-order valence-electron chi connectivity index (χ1n) is 12.6. The molecule has 0 bridgehead atoms. The van der Waals surface area contributed by atoms with Crippen molar-refractivity contribution >= 4 is 5.91 Å². The molecular formula is C30H36FN3O. The van der Waals surface area contributed by atoms with E-state index < -0.39 is 0 Å². The van der Waals surface area contributed by atoms with Crippen molar-refractivity contribution in [3.05, 3.63) is 106 Å². The number of hydrogen-bond donors (Lipinski definition) is 0. The third-order valence-corrected chi connectivity index (χ3v) is 6.95. The molecule has 3 aromatic rings. The molecule has 1 amide bonds. The Morgan fingerprint density at radius 1 is 0.886 bits per heavy atom. The van der Waals surface area contributed by atoms with Crippen LogP contribution in [0.3, 0.4) is 0 Å². The zero-order valence-corrected chi connectivity index (χ0v) is 21.1. The van der Waals surface area contributed by atoms with Crippen molar-refractivity contribution < 1.29 is 9.18 Å². The lowest BCUT2D eigenvalue weighted by molar-refractivity contribution is 0.0773. The van der Waals surface area contributed by atoms with Gasteiger partial charge in [-0.3, -0.25) is 14.6 Å². The summed E-state index contributed by atoms with van der Waals surface area (Å²) in [6.07, 6.45) is 0. The van der Waals surface area contributed by atoms with Gasteiger partial charge in [-0.05, 0) is 61.7 Å². The minimum Gasteiger partial charge on any atom is -0.339 e. The average Bonchev–Trinajstić information content (AvgIpc) is 2.86. The Morgan fingerprint density at radius 2 is 1.57 bits per heavy atom. The molecule has 184 valence electrons. The summed E-state index contributed by atoms with van der Waals surface area (Å²) in [5.41, 5.74) is 5.46. The van der Waals surface area contributed by atoms with E-state index in [9.17, 15) is 9.18 Å². The van der Waals surface area contributed by atoms with Crippen LogP contribution in [-0.4, -0.2) is 59.9 Å².